The zero-order valence-electron chi connectivity index (χ0n) is 8.40. The number of rotatable bonds is 3. The Morgan fingerprint density at radius 2 is 2.00 bits per heavy atom. The fourth-order valence-corrected chi connectivity index (χ4v) is 1.43. The van der Waals surface area contributed by atoms with E-state index in [0.29, 0.717) is 11.8 Å². The molecule has 1 saturated heterocycles. The largest absolute Gasteiger partial charge is 0.420 e. The molecule has 0 aliphatic carbocycles. The maximum Gasteiger partial charge on any atom is 0.420 e. The lowest BCUT2D eigenvalue weighted by molar-refractivity contribution is -0.191. The molecule has 1 rings (SSSR count). The van der Waals surface area contributed by atoms with Crippen LogP contribution in [0.2, 0.25) is 0 Å². The highest BCUT2D eigenvalue weighted by Crippen LogP contribution is 2.35. The minimum atomic E-state index is -4.81. The van der Waals surface area contributed by atoms with E-state index in [1.54, 1.807) is 5.32 Å². The molecule has 8 heteroatoms. The van der Waals surface area contributed by atoms with Crippen molar-refractivity contribution in [3.63, 3.8) is 0 Å². The Kier molecular flexibility index (Phi) is 3.37. The van der Waals surface area contributed by atoms with Crippen LogP contribution in [0, 0.1) is 0 Å². The number of nitrogens with one attached hydrogen (secondary N) is 1. The second kappa shape index (κ2) is 4.12. The van der Waals surface area contributed by atoms with Crippen molar-refractivity contribution in [2.24, 2.45) is 0 Å². The van der Waals surface area contributed by atoms with Gasteiger partial charge in [0, 0.05) is 12.4 Å². The van der Waals surface area contributed by atoms with Crippen molar-refractivity contribution in [1.82, 2.24) is 10.2 Å². The van der Waals surface area contributed by atoms with Crippen LogP contribution in [0.1, 0.15) is 13.3 Å². The molecule has 0 radical (unpaired) electrons. The molecular formula is C8H10ClF3N2O2. The number of urea groups is 1. The molecule has 1 unspecified atom stereocenters. The molecule has 0 bridgehead atoms. The van der Waals surface area contributed by atoms with Crippen LogP contribution < -0.4 is 5.32 Å². The number of halogens is 4. The molecule has 3 amide bonds. The lowest BCUT2D eigenvalue weighted by Crippen LogP contribution is -2.56. The Hall–Kier alpha value is -0.980. The van der Waals surface area contributed by atoms with Crippen LogP contribution in [0.25, 0.3) is 0 Å². The van der Waals surface area contributed by atoms with Gasteiger partial charge in [0.25, 0.3) is 5.91 Å². The molecule has 0 aromatic carbocycles. The standard InChI is InChI=1S/C8H10ClF3N2O2/c1-7(8(10,11)12)5(15)14(4-2-3-9)6(16)13-7/h2-4H2,1H3,(H,13,16). The smallest absolute Gasteiger partial charge is 0.316 e. The van der Waals surface area contributed by atoms with E-state index in [-0.39, 0.29) is 18.8 Å². The maximum absolute atomic E-state index is 12.6. The first-order chi connectivity index (χ1) is 7.24. The van der Waals surface area contributed by atoms with Crippen molar-refractivity contribution in [2.45, 2.75) is 25.1 Å². The number of imide groups is 1. The maximum atomic E-state index is 12.6. The second-order valence-corrected chi connectivity index (χ2v) is 3.93. The normalized spacial score (nSPS) is 26.2. The van der Waals surface area contributed by atoms with Gasteiger partial charge in [0.1, 0.15) is 0 Å². The molecule has 16 heavy (non-hydrogen) atoms. The summed E-state index contributed by atoms with van der Waals surface area (Å²) in [7, 11) is 0. The van der Waals surface area contributed by atoms with Crippen LogP contribution in [0.3, 0.4) is 0 Å². The number of carbonyl (C=O) groups excluding carboxylic acids is 2. The molecule has 0 aromatic heterocycles. The molecule has 92 valence electrons. The van der Waals surface area contributed by atoms with E-state index in [2.05, 4.69) is 0 Å². The highest BCUT2D eigenvalue weighted by Gasteiger charge is 2.64. The summed E-state index contributed by atoms with van der Waals surface area (Å²) in [6.07, 6.45) is -4.55. The van der Waals surface area contributed by atoms with E-state index in [0.717, 1.165) is 0 Å². The van der Waals surface area contributed by atoms with Gasteiger partial charge in [0.05, 0.1) is 0 Å². The molecular weight excluding hydrogens is 249 g/mol. The Morgan fingerprint density at radius 3 is 2.38 bits per heavy atom. The first kappa shape index (κ1) is 13.1. The predicted molar refractivity (Wildman–Crippen MR) is 50.0 cm³/mol. The molecule has 0 saturated carbocycles. The minimum absolute atomic E-state index is 0.111. The number of hydrogen-bond acceptors (Lipinski definition) is 2. The quantitative estimate of drug-likeness (QED) is 0.616. The van der Waals surface area contributed by atoms with Gasteiger partial charge in [0.2, 0.25) is 5.54 Å². The summed E-state index contributed by atoms with van der Waals surface area (Å²) in [4.78, 5) is 23.2. The fourth-order valence-electron chi connectivity index (χ4n) is 1.31. The first-order valence-electron chi connectivity index (χ1n) is 4.51. The monoisotopic (exact) mass is 258 g/mol. The third-order valence-electron chi connectivity index (χ3n) is 2.36. The Labute approximate surface area is 94.7 Å². The average molecular weight is 259 g/mol. The van der Waals surface area contributed by atoms with Crippen LogP contribution >= 0.6 is 11.6 Å². The van der Waals surface area contributed by atoms with Crippen LogP contribution in [0.4, 0.5) is 18.0 Å². The minimum Gasteiger partial charge on any atom is -0.316 e. The molecule has 0 aromatic rings. The van der Waals surface area contributed by atoms with E-state index >= 15 is 0 Å². The van der Waals surface area contributed by atoms with Gasteiger partial charge in [-0.2, -0.15) is 13.2 Å². The summed E-state index contributed by atoms with van der Waals surface area (Å²) in [5.41, 5.74) is -2.82. The van der Waals surface area contributed by atoms with Crippen molar-refractivity contribution < 1.29 is 22.8 Å². The molecule has 1 aliphatic rings. The zero-order valence-corrected chi connectivity index (χ0v) is 9.15. The summed E-state index contributed by atoms with van der Waals surface area (Å²) in [6, 6.07) is -1.03. The number of nitrogens with zero attached hydrogens (tertiary/aromatic N) is 1. The van der Waals surface area contributed by atoms with Gasteiger partial charge in [-0.25, -0.2) is 4.79 Å². The van der Waals surface area contributed by atoms with Crippen LogP contribution in [-0.4, -0.2) is 41.0 Å². The van der Waals surface area contributed by atoms with Gasteiger partial charge in [-0.1, -0.05) is 0 Å². The number of alkyl halides is 4. The molecule has 1 heterocycles. The Morgan fingerprint density at radius 1 is 1.44 bits per heavy atom. The molecule has 0 spiro atoms. The number of hydrogen-bond donors (Lipinski definition) is 1. The van der Waals surface area contributed by atoms with Crippen molar-refractivity contribution in [2.75, 3.05) is 12.4 Å². The van der Waals surface area contributed by atoms with Crippen LogP contribution in [0.15, 0.2) is 0 Å². The predicted octanol–water partition coefficient (Wildman–Crippen LogP) is 1.49. The Bertz CT molecular complexity index is 321. The summed E-state index contributed by atoms with van der Waals surface area (Å²) in [5.74, 6) is -1.12. The van der Waals surface area contributed by atoms with Crippen molar-refractivity contribution in [3.05, 3.63) is 0 Å². The fraction of sp³-hybridized carbons (Fsp3) is 0.750. The number of carbonyl (C=O) groups is 2. The second-order valence-electron chi connectivity index (χ2n) is 3.55. The molecule has 1 aliphatic heterocycles. The lowest BCUT2D eigenvalue weighted by atomic mass is 10.0. The summed E-state index contributed by atoms with van der Waals surface area (Å²) in [6.45, 7) is 0.535. The molecule has 4 nitrogen and oxygen atoms in total. The molecule has 1 atom stereocenters. The van der Waals surface area contributed by atoms with Gasteiger partial charge >= 0.3 is 12.2 Å². The zero-order chi connectivity index (χ0) is 12.6. The van der Waals surface area contributed by atoms with E-state index < -0.39 is 23.7 Å². The summed E-state index contributed by atoms with van der Waals surface area (Å²) < 4.78 is 37.7. The topological polar surface area (TPSA) is 49.4 Å². The van der Waals surface area contributed by atoms with Crippen molar-refractivity contribution in [3.8, 4) is 0 Å². The average Bonchev–Trinajstić information content (AvgIpc) is 2.36. The van der Waals surface area contributed by atoms with Gasteiger partial charge in [-0.15, -0.1) is 11.6 Å². The van der Waals surface area contributed by atoms with E-state index in [1.165, 1.54) is 0 Å². The van der Waals surface area contributed by atoms with Crippen LogP contribution in [0.5, 0.6) is 0 Å². The third kappa shape index (κ3) is 1.95. The van der Waals surface area contributed by atoms with Gasteiger partial charge < -0.3 is 5.32 Å². The molecule has 1 fully saturated rings. The highest BCUT2D eigenvalue weighted by molar-refractivity contribution is 6.17. The van der Waals surface area contributed by atoms with Crippen molar-refractivity contribution in [1.29, 1.82) is 0 Å². The van der Waals surface area contributed by atoms with E-state index in [1.807, 2.05) is 0 Å². The lowest BCUT2D eigenvalue weighted by Gasteiger charge is -2.24. The van der Waals surface area contributed by atoms with Crippen LogP contribution in [-0.2, 0) is 4.79 Å². The van der Waals surface area contributed by atoms with Gasteiger partial charge in [0.15, 0.2) is 0 Å². The van der Waals surface area contributed by atoms with Gasteiger partial charge in [-0.05, 0) is 13.3 Å². The van der Waals surface area contributed by atoms with Gasteiger partial charge in [-0.3, -0.25) is 9.69 Å². The highest BCUT2D eigenvalue weighted by atomic mass is 35.5. The summed E-state index contributed by atoms with van der Waals surface area (Å²) in [5, 5.41) is 1.65. The van der Waals surface area contributed by atoms with Crippen molar-refractivity contribution >= 4 is 23.5 Å². The van der Waals surface area contributed by atoms with E-state index in [4.69, 9.17) is 11.6 Å². The molecule has 1 N–H and O–H groups in total. The Balaban J connectivity index is 2.90. The number of amides is 3. The summed E-state index contributed by atoms with van der Waals surface area (Å²) >= 11 is 5.34. The third-order valence-corrected chi connectivity index (χ3v) is 2.62. The van der Waals surface area contributed by atoms with E-state index in [9.17, 15) is 22.8 Å². The first-order valence-corrected chi connectivity index (χ1v) is 5.04. The SMILES string of the molecule is CC1(C(F)(F)F)NC(=O)N(CCCCl)C1=O.